The minimum absolute atomic E-state index is 0.0649. The van der Waals surface area contributed by atoms with Crippen molar-refractivity contribution in [2.75, 3.05) is 7.11 Å². The molecule has 0 radical (unpaired) electrons. The van der Waals surface area contributed by atoms with Crippen LogP contribution < -0.4 is 10.2 Å². The second kappa shape index (κ2) is 8.25. The third kappa shape index (κ3) is 3.82. The van der Waals surface area contributed by atoms with Crippen molar-refractivity contribution in [1.29, 1.82) is 0 Å². The molecule has 0 saturated carbocycles. The first-order valence-electron chi connectivity index (χ1n) is 9.50. The van der Waals surface area contributed by atoms with E-state index in [1.165, 1.54) is 7.11 Å². The van der Waals surface area contributed by atoms with Crippen molar-refractivity contribution < 1.29 is 18.7 Å². The molecule has 5 heteroatoms. The molecule has 0 amide bonds. The largest absolute Gasteiger partial charge is 0.489 e. The molecule has 0 saturated heterocycles. The van der Waals surface area contributed by atoms with E-state index in [2.05, 4.69) is 0 Å². The Morgan fingerprint density at radius 3 is 2.40 bits per heavy atom. The third-order valence-electron chi connectivity index (χ3n) is 4.88. The van der Waals surface area contributed by atoms with Crippen LogP contribution in [0.1, 0.15) is 21.7 Å². The molecule has 1 aromatic heterocycles. The van der Waals surface area contributed by atoms with Gasteiger partial charge in [0.1, 0.15) is 23.7 Å². The van der Waals surface area contributed by atoms with E-state index in [9.17, 15) is 9.59 Å². The number of rotatable bonds is 5. The Kier molecular flexibility index (Phi) is 5.35. The van der Waals surface area contributed by atoms with Crippen LogP contribution in [0, 0.1) is 6.92 Å². The molecule has 0 unspecified atom stereocenters. The lowest BCUT2D eigenvalue weighted by Gasteiger charge is -2.10. The van der Waals surface area contributed by atoms with Crippen LogP contribution in [0.2, 0.25) is 0 Å². The van der Waals surface area contributed by atoms with Crippen LogP contribution in [0.5, 0.6) is 5.75 Å². The molecular formula is C25H20O5. The Morgan fingerprint density at radius 1 is 0.967 bits per heavy atom. The Bertz CT molecular complexity index is 1250. The fourth-order valence-corrected chi connectivity index (χ4v) is 3.34. The SMILES string of the molecule is COC(=O)c1ccc(COc2ccc3c(=O)c(-c4ccccc4)c(C)oc3c2)cc1. The predicted molar refractivity (Wildman–Crippen MR) is 115 cm³/mol. The highest BCUT2D eigenvalue weighted by Crippen LogP contribution is 2.26. The minimum Gasteiger partial charge on any atom is -0.489 e. The summed E-state index contributed by atoms with van der Waals surface area (Å²) in [6.45, 7) is 2.11. The lowest BCUT2D eigenvalue weighted by atomic mass is 10.0. The highest BCUT2D eigenvalue weighted by Gasteiger charge is 2.14. The Balaban J connectivity index is 1.58. The molecule has 0 aliphatic rings. The van der Waals surface area contributed by atoms with Crippen LogP contribution in [0.15, 0.2) is 82.0 Å². The average molecular weight is 400 g/mol. The maximum absolute atomic E-state index is 13.0. The zero-order valence-electron chi connectivity index (χ0n) is 16.7. The molecule has 5 nitrogen and oxygen atoms in total. The molecule has 0 aliphatic heterocycles. The second-order valence-electron chi connectivity index (χ2n) is 6.86. The van der Waals surface area contributed by atoms with Crippen molar-refractivity contribution in [3.8, 4) is 16.9 Å². The highest BCUT2D eigenvalue weighted by atomic mass is 16.5. The normalized spacial score (nSPS) is 10.7. The average Bonchev–Trinajstić information content (AvgIpc) is 2.78. The van der Waals surface area contributed by atoms with E-state index in [4.69, 9.17) is 13.9 Å². The van der Waals surface area contributed by atoms with Crippen molar-refractivity contribution in [1.82, 2.24) is 0 Å². The number of ether oxygens (including phenoxy) is 2. The number of methoxy groups -OCH3 is 1. The van der Waals surface area contributed by atoms with Crippen molar-refractivity contribution in [2.24, 2.45) is 0 Å². The lowest BCUT2D eigenvalue weighted by molar-refractivity contribution is 0.0600. The first kappa shape index (κ1) is 19.5. The monoisotopic (exact) mass is 400 g/mol. The van der Waals surface area contributed by atoms with Crippen LogP contribution >= 0.6 is 0 Å². The molecule has 0 atom stereocenters. The van der Waals surface area contributed by atoms with Gasteiger partial charge in [-0.25, -0.2) is 4.79 Å². The van der Waals surface area contributed by atoms with E-state index in [-0.39, 0.29) is 11.4 Å². The summed E-state index contributed by atoms with van der Waals surface area (Å²) in [5.74, 6) is 0.779. The van der Waals surface area contributed by atoms with Gasteiger partial charge in [0.15, 0.2) is 0 Å². The summed E-state index contributed by atoms with van der Waals surface area (Å²) in [5, 5.41) is 0.509. The van der Waals surface area contributed by atoms with E-state index in [0.717, 1.165) is 11.1 Å². The fraction of sp³-hybridized carbons (Fsp3) is 0.120. The van der Waals surface area contributed by atoms with Crippen LogP contribution in [0.4, 0.5) is 0 Å². The molecule has 30 heavy (non-hydrogen) atoms. The summed E-state index contributed by atoms with van der Waals surface area (Å²) in [5.41, 5.74) is 3.21. The summed E-state index contributed by atoms with van der Waals surface area (Å²) in [6, 6.07) is 21.7. The van der Waals surface area contributed by atoms with Gasteiger partial charge in [0, 0.05) is 6.07 Å². The van der Waals surface area contributed by atoms with Crippen molar-refractivity contribution >= 4 is 16.9 Å². The molecular weight excluding hydrogens is 380 g/mol. The number of carbonyl (C=O) groups excluding carboxylic acids is 1. The standard InChI is InChI=1S/C25H20O5/c1-16-23(18-6-4-3-5-7-18)24(26)21-13-12-20(14-22(21)30-16)29-15-17-8-10-19(11-9-17)25(27)28-2/h3-14H,15H2,1-2H3. The number of esters is 1. The second-order valence-corrected chi connectivity index (χ2v) is 6.86. The van der Waals surface area contributed by atoms with Crippen molar-refractivity contribution in [3.63, 3.8) is 0 Å². The van der Waals surface area contributed by atoms with Gasteiger partial charge in [-0.1, -0.05) is 42.5 Å². The van der Waals surface area contributed by atoms with Gasteiger partial charge < -0.3 is 13.9 Å². The highest BCUT2D eigenvalue weighted by molar-refractivity contribution is 5.89. The maximum Gasteiger partial charge on any atom is 0.337 e. The quantitative estimate of drug-likeness (QED) is 0.434. The molecule has 0 N–H and O–H groups in total. The molecule has 3 aromatic carbocycles. The Labute approximate surface area is 173 Å². The molecule has 0 fully saturated rings. The van der Waals surface area contributed by atoms with Gasteiger partial charge in [-0.2, -0.15) is 0 Å². The summed E-state index contributed by atoms with van der Waals surface area (Å²) >= 11 is 0. The molecule has 0 spiro atoms. The van der Waals surface area contributed by atoms with Gasteiger partial charge in [0.05, 0.1) is 23.6 Å². The Hall–Kier alpha value is -3.86. The zero-order valence-corrected chi connectivity index (χ0v) is 16.7. The first-order chi connectivity index (χ1) is 14.6. The molecule has 0 aliphatic carbocycles. The topological polar surface area (TPSA) is 65.7 Å². The molecule has 4 aromatic rings. The van der Waals surface area contributed by atoms with E-state index in [0.29, 0.717) is 40.2 Å². The summed E-state index contributed by atoms with van der Waals surface area (Å²) in [7, 11) is 1.35. The summed E-state index contributed by atoms with van der Waals surface area (Å²) < 4.78 is 16.5. The van der Waals surface area contributed by atoms with Crippen LogP contribution in [0.25, 0.3) is 22.1 Å². The number of hydrogen-bond acceptors (Lipinski definition) is 5. The lowest BCUT2D eigenvalue weighted by Crippen LogP contribution is -2.07. The van der Waals surface area contributed by atoms with Gasteiger partial charge in [-0.15, -0.1) is 0 Å². The van der Waals surface area contributed by atoms with E-state index in [1.807, 2.05) is 42.5 Å². The smallest absolute Gasteiger partial charge is 0.337 e. The molecule has 4 rings (SSSR count). The molecule has 0 bridgehead atoms. The van der Waals surface area contributed by atoms with Gasteiger partial charge in [0.25, 0.3) is 0 Å². The van der Waals surface area contributed by atoms with E-state index in [1.54, 1.807) is 37.3 Å². The van der Waals surface area contributed by atoms with Gasteiger partial charge in [-0.05, 0) is 42.3 Å². The Morgan fingerprint density at radius 2 is 1.70 bits per heavy atom. The number of hydrogen-bond donors (Lipinski definition) is 0. The van der Waals surface area contributed by atoms with E-state index < -0.39 is 0 Å². The van der Waals surface area contributed by atoms with Crippen molar-refractivity contribution in [3.05, 3.63) is 99.9 Å². The van der Waals surface area contributed by atoms with E-state index >= 15 is 0 Å². The summed E-state index contributed by atoms with van der Waals surface area (Å²) in [6.07, 6.45) is 0. The van der Waals surface area contributed by atoms with Crippen LogP contribution in [0.3, 0.4) is 0 Å². The zero-order chi connectivity index (χ0) is 21.1. The molecule has 1 heterocycles. The van der Waals surface area contributed by atoms with Crippen LogP contribution in [-0.4, -0.2) is 13.1 Å². The summed E-state index contributed by atoms with van der Waals surface area (Å²) in [4.78, 5) is 24.5. The number of carbonyl (C=O) groups is 1. The van der Waals surface area contributed by atoms with Crippen molar-refractivity contribution in [2.45, 2.75) is 13.5 Å². The number of benzene rings is 3. The predicted octanol–water partition coefficient (Wildman–Crippen LogP) is 5.13. The van der Waals surface area contributed by atoms with Gasteiger partial charge in [-0.3, -0.25) is 4.79 Å². The van der Waals surface area contributed by atoms with Gasteiger partial charge in [0.2, 0.25) is 5.43 Å². The fourth-order valence-electron chi connectivity index (χ4n) is 3.34. The maximum atomic E-state index is 13.0. The number of fused-ring (bicyclic) bond motifs is 1. The first-order valence-corrected chi connectivity index (χ1v) is 9.50. The minimum atomic E-state index is -0.378. The molecule has 150 valence electrons. The number of aryl methyl sites for hydroxylation is 1. The third-order valence-corrected chi connectivity index (χ3v) is 4.88. The van der Waals surface area contributed by atoms with Gasteiger partial charge >= 0.3 is 5.97 Å². The van der Waals surface area contributed by atoms with Crippen LogP contribution in [-0.2, 0) is 11.3 Å².